The van der Waals surface area contributed by atoms with Crippen molar-refractivity contribution in [1.29, 1.82) is 0 Å². The zero-order chi connectivity index (χ0) is 15.6. The summed E-state index contributed by atoms with van der Waals surface area (Å²) in [6, 6.07) is 7.83. The largest absolute Gasteiger partial charge is 0.507 e. The first-order chi connectivity index (χ1) is 9.90. The topological polar surface area (TPSA) is 86.6 Å². The fourth-order valence-electron chi connectivity index (χ4n) is 1.69. The van der Waals surface area contributed by atoms with Gasteiger partial charge in [0.2, 0.25) is 0 Å². The molecule has 2 aromatic carbocycles. The Balaban J connectivity index is 2.34. The van der Waals surface area contributed by atoms with Crippen LogP contribution in [0.3, 0.4) is 0 Å². The van der Waals surface area contributed by atoms with Gasteiger partial charge in [-0.25, -0.2) is 9.18 Å². The van der Waals surface area contributed by atoms with E-state index >= 15 is 0 Å². The van der Waals surface area contributed by atoms with Crippen molar-refractivity contribution in [3.05, 3.63) is 56.9 Å². The van der Waals surface area contributed by atoms with Crippen LogP contribution in [0, 0.1) is 9.39 Å². The molecule has 0 fully saturated rings. The molecule has 0 spiro atoms. The number of carboxylic acids is 1. The van der Waals surface area contributed by atoms with Crippen LogP contribution in [-0.4, -0.2) is 22.1 Å². The average Bonchev–Trinajstić information content (AvgIpc) is 2.41. The zero-order valence-electron chi connectivity index (χ0n) is 10.4. The van der Waals surface area contributed by atoms with Gasteiger partial charge < -0.3 is 15.5 Å². The quantitative estimate of drug-likeness (QED) is 0.691. The summed E-state index contributed by atoms with van der Waals surface area (Å²) in [6.07, 6.45) is 0. The molecule has 5 nitrogen and oxygen atoms in total. The molecule has 0 radical (unpaired) electrons. The van der Waals surface area contributed by atoms with Crippen LogP contribution in [0.2, 0.25) is 0 Å². The molecule has 0 bridgehead atoms. The third kappa shape index (κ3) is 3.30. The molecule has 0 aliphatic rings. The monoisotopic (exact) mass is 401 g/mol. The van der Waals surface area contributed by atoms with Crippen LogP contribution in [0.25, 0.3) is 0 Å². The number of carbonyl (C=O) groups excluding carboxylic acids is 1. The SMILES string of the molecule is O=C(Nc1cccc(F)c1C(=O)O)c1ccc(I)c(O)c1. The predicted molar refractivity (Wildman–Crippen MR) is 82.1 cm³/mol. The van der Waals surface area contributed by atoms with E-state index in [4.69, 9.17) is 5.11 Å². The number of hydrogen-bond acceptors (Lipinski definition) is 3. The summed E-state index contributed by atoms with van der Waals surface area (Å²) in [5.41, 5.74) is -0.625. The standard InChI is InChI=1S/C14H9FINO4/c15-8-2-1-3-10(12(8)14(20)21)17-13(19)7-4-5-9(16)11(18)6-7/h1-6,18H,(H,17,19)(H,20,21). The maximum absolute atomic E-state index is 13.5. The highest BCUT2D eigenvalue weighted by atomic mass is 127. The van der Waals surface area contributed by atoms with Crippen LogP contribution in [-0.2, 0) is 0 Å². The van der Waals surface area contributed by atoms with Crippen molar-refractivity contribution in [3.8, 4) is 5.75 Å². The van der Waals surface area contributed by atoms with Crippen LogP contribution in [0.15, 0.2) is 36.4 Å². The lowest BCUT2D eigenvalue weighted by molar-refractivity contribution is 0.0693. The number of halogens is 2. The van der Waals surface area contributed by atoms with Crippen molar-refractivity contribution in [2.75, 3.05) is 5.32 Å². The van der Waals surface area contributed by atoms with E-state index in [0.717, 1.165) is 6.07 Å². The Morgan fingerprint density at radius 1 is 1.19 bits per heavy atom. The van der Waals surface area contributed by atoms with Crippen molar-refractivity contribution < 1.29 is 24.2 Å². The molecular weight excluding hydrogens is 392 g/mol. The van der Waals surface area contributed by atoms with Crippen LogP contribution in [0.5, 0.6) is 5.75 Å². The number of anilines is 1. The number of aromatic hydroxyl groups is 1. The first-order valence-electron chi connectivity index (χ1n) is 5.72. The third-order valence-electron chi connectivity index (χ3n) is 2.68. The maximum Gasteiger partial charge on any atom is 0.340 e. The number of phenols is 1. The van der Waals surface area contributed by atoms with E-state index in [-0.39, 0.29) is 17.0 Å². The maximum atomic E-state index is 13.5. The molecule has 108 valence electrons. The molecule has 0 heterocycles. The molecular formula is C14H9FINO4. The number of hydrogen-bond donors (Lipinski definition) is 3. The van der Waals surface area contributed by atoms with Gasteiger partial charge in [0.1, 0.15) is 17.1 Å². The minimum atomic E-state index is -1.48. The second-order valence-corrected chi connectivity index (χ2v) is 5.25. The molecule has 2 aromatic rings. The Morgan fingerprint density at radius 2 is 1.90 bits per heavy atom. The van der Waals surface area contributed by atoms with Gasteiger partial charge in [0.05, 0.1) is 9.26 Å². The van der Waals surface area contributed by atoms with E-state index in [1.165, 1.54) is 30.3 Å². The van der Waals surface area contributed by atoms with Crippen molar-refractivity contribution in [2.45, 2.75) is 0 Å². The fraction of sp³-hybridized carbons (Fsp3) is 0. The smallest absolute Gasteiger partial charge is 0.340 e. The number of aromatic carboxylic acids is 1. The lowest BCUT2D eigenvalue weighted by atomic mass is 10.1. The molecule has 0 aliphatic heterocycles. The summed E-state index contributed by atoms with van der Waals surface area (Å²) in [6.45, 7) is 0. The van der Waals surface area contributed by atoms with Gasteiger partial charge in [0.25, 0.3) is 5.91 Å². The van der Waals surface area contributed by atoms with Crippen molar-refractivity contribution >= 4 is 40.2 Å². The van der Waals surface area contributed by atoms with Crippen LogP contribution >= 0.6 is 22.6 Å². The Bertz CT molecular complexity index is 733. The number of carbonyl (C=O) groups is 2. The van der Waals surface area contributed by atoms with Gasteiger partial charge in [-0.3, -0.25) is 4.79 Å². The van der Waals surface area contributed by atoms with Gasteiger partial charge in [-0.05, 0) is 52.9 Å². The van der Waals surface area contributed by atoms with E-state index in [9.17, 15) is 19.1 Å². The minimum Gasteiger partial charge on any atom is -0.507 e. The number of rotatable bonds is 3. The number of benzene rings is 2. The van der Waals surface area contributed by atoms with E-state index in [0.29, 0.717) is 3.57 Å². The predicted octanol–water partition coefficient (Wildman–Crippen LogP) is 3.09. The zero-order valence-corrected chi connectivity index (χ0v) is 12.6. The summed E-state index contributed by atoms with van der Waals surface area (Å²) in [5.74, 6) is -3.13. The highest BCUT2D eigenvalue weighted by Gasteiger charge is 2.18. The summed E-state index contributed by atoms with van der Waals surface area (Å²) >= 11 is 1.90. The number of nitrogens with one attached hydrogen (secondary N) is 1. The normalized spacial score (nSPS) is 10.2. The van der Waals surface area contributed by atoms with Crippen LogP contribution in [0.4, 0.5) is 10.1 Å². The molecule has 0 saturated heterocycles. The molecule has 21 heavy (non-hydrogen) atoms. The summed E-state index contributed by atoms with van der Waals surface area (Å²) in [7, 11) is 0. The van der Waals surface area contributed by atoms with Crippen molar-refractivity contribution in [2.24, 2.45) is 0 Å². The van der Waals surface area contributed by atoms with Gasteiger partial charge in [-0.15, -0.1) is 0 Å². The highest BCUT2D eigenvalue weighted by molar-refractivity contribution is 14.1. The second kappa shape index (κ2) is 6.08. The summed E-state index contributed by atoms with van der Waals surface area (Å²) in [5, 5.41) is 20.9. The average molecular weight is 401 g/mol. The summed E-state index contributed by atoms with van der Waals surface area (Å²) in [4.78, 5) is 23.1. The van der Waals surface area contributed by atoms with Crippen molar-refractivity contribution in [3.63, 3.8) is 0 Å². The number of carboxylic acid groups (broad SMARTS) is 1. The summed E-state index contributed by atoms with van der Waals surface area (Å²) < 4.78 is 14.1. The van der Waals surface area contributed by atoms with Gasteiger partial charge in [-0.1, -0.05) is 6.07 Å². The molecule has 0 aliphatic carbocycles. The molecule has 0 unspecified atom stereocenters. The molecule has 0 atom stereocenters. The second-order valence-electron chi connectivity index (χ2n) is 4.09. The van der Waals surface area contributed by atoms with Gasteiger partial charge in [0, 0.05) is 5.56 Å². The molecule has 2 rings (SSSR count). The molecule has 3 N–H and O–H groups in total. The van der Waals surface area contributed by atoms with E-state index in [2.05, 4.69) is 5.32 Å². The molecule has 0 aromatic heterocycles. The lowest BCUT2D eigenvalue weighted by Gasteiger charge is -2.09. The van der Waals surface area contributed by atoms with E-state index in [1.54, 1.807) is 0 Å². The van der Waals surface area contributed by atoms with E-state index < -0.39 is 23.3 Å². The molecule has 1 amide bonds. The lowest BCUT2D eigenvalue weighted by Crippen LogP contribution is -2.15. The number of phenolic OH excluding ortho intramolecular Hbond substituents is 1. The van der Waals surface area contributed by atoms with Crippen LogP contribution in [0.1, 0.15) is 20.7 Å². The Kier molecular flexibility index (Phi) is 4.41. The highest BCUT2D eigenvalue weighted by Crippen LogP contribution is 2.23. The Hall–Kier alpha value is -2.16. The van der Waals surface area contributed by atoms with Gasteiger partial charge >= 0.3 is 5.97 Å². The molecule has 7 heteroatoms. The van der Waals surface area contributed by atoms with E-state index in [1.807, 2.05) is 22.6 Å². The third-order valence-corrected chi connectivity index (χ3v) is 3.60. The Labute approximate surface area is 132 Å². The Morgan fingerprint density at radius 3 is 2.52 bits per heavy atom. The first-order valence-corrected chi connectivity index (χ1v) is 6.79. The van der Waals surface area contributed by atoms with Gasteiger partial charge in [0.15, 0.2) is 0 Å². The number of amides is 1. The fourth-order valence-corrected chi connectivity index (χ4v) is 2.03. The van der Waals surface area contributed by atoms with Crippen LogP contribution < -0.4 is 5.32 Å². The van der Waals surface area contributed by atoms with Gasteiger partial charge in [-0.2, -0.15) is 0 Å². The first kappa shape index (κ1) is 15.2. The van der Waals surface area contributed by atoms with Crippen molar-refractivity contribution in [1.82, 2.24) is 0 Å². The minimum absolute atomic E-state index is 0.0686. The molecule has 0 saturated carbocycles.